The first-order chi connectivity index (χ1) is 14.9. The van der Waals surface area contributed by atoms with Crippen molar-refractivity contribution in [2.45, 2.75) is 52.5 Å². The smallest absolute Gasteiger partial charge is 0.341 e. The predicted molar refractivity (Wildman–Crippen MR) is 122 cm³/mol. The largest absolute Gasteiger partial charge is 0.481 e. The van der Waals surface area contributed by atoms with Gasteiger partial charge in [-0.1, -0.05) is 24.6 Å². The third-order valence-corrected chi connectivity index (χ3v) is 6.01. The van der Waals surface area contributed by atoms with Gasteiger partial charge in [0.15, 0.2) is 6.61 Å². The van der Waals surface area contributed by atoms with Gasteiger partial charge in [0.25, 0.3) is 0 Å². The van der Waals surface area contributed by atoms with E-state index in [0.29, 0.717) is 17.9 Å². The highest BCUT2D eigenvalue weighted by atomic mass is 16.5. The highest BCUT2D eigenvalue weighted by Gasteiger charge is 2.25. The predicted octanol–water partition coefficient (Wildman–Crippen LogP) is 4.59. The number of primary amides is 1. The van der Waals surface area contributed by atoms with Gasteiger partial charge in [0, 0.05) is 17.5 Å². The lowest BCUT2D eigenvalue weighted by Gasteiger charge is -2.21. The number of aromatic nitrogens is 1. The molecule has 1 aliphatic carbocycles. The second-order valence-corrected chi connectivity index (χ2v) is 8.23. The van der Waals surface area contributed by atoms with E-state index in [1.807, 2.05) is 18.2 Å². The molecule has 31 heavy (non-hydrogen) atoms. The van der Waals surface area contributed by atoms with Gasteiger partial charge in [-0.2, -0.15) is 0 Å². The maximum Gasteiger partial charge on any atom is 0.341 e. The summed E-state index contributed by atoms with van der Waals surface area (Å²) >= 11 is 0. The molecule has 3 aromatic rings. The maximum atomic E-state index is 12.3. The summed E-state index contributed by atoms with van der Waals surface area (Å²) in [6, 6.07) is 7.54. The lowest BCUT2D eigenvalue weighted by Crippen LogP contribution is -2.12. The molecule has 6 nitrogen and oxygen atoms in total. The first-order valence-electron chi connectivity index (χ1n) is 10.8. The van der Waals surface area contributed by atoms with E-state index in [4.69, 9.17) is 10.5 Å². The second-order valence-electron chi connectivity index (χ2n) is 8.23. The Kier molecular flexibility index (Phi) is 5.72. The molecule has 2 aromatic carbocycles. The zero-order valence-corrected chi connectivity index (χ0v) is 18.0. The van der Waals surface area contributed by atoms with Crippen molar-refractivity contribution in [3.05, 3.63) is 52.6 Å². The molecule has 3 N–H and O–H groups in total. The van der Waals surface area contributed by atoms with Crippen LogP contribution in [0.15, 0.2) is 35.9 Å². The molecule has 0 spiro atoms. The Bertz CT molecular complexity index is 1220. The lowest BCUT2D eigenvalue weighted by molar-refractivity contribution is -0.139. The number of aryl methyl sites for hydroxylation is 2. The summed E-state index contributed by atoms with van der Waals surface area (Å²) in [7, 11) is 0. The number of carboxylic acid groups (broad SMARTS) is 1. The number of allylic oxidation sites excluding steroid dienone is 2. The highest BCUT2D eigenvalue weighted by Crippen LogP contribution is 2.43. The number of fused-ring (bicyclic) bond motifs is 5. The maximum absolute atomic E-state index is 12.3. The van der Waals surface area contributed by atoms with E-state index < -0.39 is 18.5 Å². The Hall–Kier alpha value is -3.28. The quantitative estimate of drug-likeness (QED) is 0.547. The van der Waals surface area contributed by atoms with E-state index in [1.165, 1.54) is 16.7 Å². The molecule has 0 saturated carbocycles. The Balaban J connectivity index is 2.14. The number of nitrogens with zero attached hydrogens (tertiary/aromatic N) is 1. The monoisotopic (exact) mass is 420 g/mol. The summed E-state index contributed by atoms with van der Waals surface area (Å²) in [6.45, 7) is 4.47. The van der Waals surface area contributed by atoms with E-state index >= 15 is 0 Å². The number of carbonyl (C=O) groups is 2. The number of rotatable bonds is 7. The summed E-state index contributed by atoms with van der Waals surface area (Å²) < 4.78 is 8.02. The number of hydrogen-bond donors (Lipinski definition) is 2. The van der Waals surface area contributed by atoms with Crippen LogP contribution in [0.4, 0.5) is 0 Å². The van der Waals surface area contributed by atoms with Crippen LogP contribution in [0.1, 0.15) is 54.6 Å². The molecule has 1 amide bonds. The molecule has 1 aliphatic rings. The number of amides is 1. The van der Waals surface area contributed by atoms with Crippen LogP contribution in [0.25, 0.3) is 21.8 Å². The third-order valence-electron chi connectivity index (χ3n) is 6.01. The van der Waals surface area contributed by atoms with Crippen LogP contribution in [0.2, 0.25) is 0 Å². The molecule has 162 valence electrons. The van der Waals surface area contributed by atoms with Crippen molar-refractivity contribution >= 4 is 33.7 Å². The molecule has 0 fully saturated rings. The Labute approximate surface area is 181 Å². The zero-order chi connectivity index (χ0) is 22.1. The number of hydrogen-bond acceptors (Lipinski definition) is 3. The van der Waals surface area contributed by atoms with Gasteiger partial charge >= 0.3 is 5.97 Å². The number of ether oxygens (including phenoxy) is 1. The van der Waals surface area contributed by atoms with Crippen molar-refractivity contribution in [2.24, 2.45) is 5.73 Å². The van der Waals surface area contributed by atoms with Crippen LogP contribution >= 0.6 is 0 Å². The van der Waals surface area contributed by atoms with Crippen molar-refractivity contribution in [2.75, 3.05) is 6.61 Å². The van der Waals surface area contributed by atoms with Crippen LogP contribution in [-0.2, 0) is 24.2 Å². The van der Waals surface area contributed by atoms with Gasteiger partial charge in [-0.05, 0) is 68.4 Å². The minimum absolute atomic E-state index is 0.425. The summed E-state index contributed by atoms with van der Waals surface area (Å²) in [5, 5.41) is 10.7. The van der Waals surface area contributed by atoms with Crippen molar-refractivity contribution in [3.8, 4) is 5.75 Å². The Morgan fingerprint density at radius 1 is 1.23 bits per heavy atom. The zero-order valence-electron chi connectivity index (χ0n) is 18.0. The van der Waals surface area contributed by atoms with Crippen molar-refractivity contribution in [1.82, 2.24) is 4.57 Å². The molecule has 0 atom stereocenters. The molecule has 4 rings (SSSR count). The first kappa shape index (κ1) is 21.0. The summed E-state index contributed by atoms with van der Waals surface area (Å²) in [6.07, 6.45) is 7.23. The topological polar surface area (TPSA) is 94.5 Å². The minimum atomic E-state index is -1.04. The van der Waals surface area contributed by atoms with E-state index in [0.717, 1.165) is 53.9 Å². The minimum Gasteiger partial charge on any atom is -0.481 e. The van der Waals surface area contributed by atoms with Gasteiger partial charge in [-0.15, -0.1) is 0 Å². The van der Waals surface area contributed by atoms with Gasteiger partial charge in [-0.25, -0.2) is 4.79 Å². The molecule has 6 heteroatoms. The van der Waals surface area contributed by atoms with E-state index in [2.05, 4.69) is 24.5 Å². The molecule has 0 radical (unpaired) electrons. The number of aliphatic carboxylic acids is 1. The lowest BCUT2D eigenvalue weighted by atomic mass is 9.89. The van der Waals surface area contributed by atoms with Gasteiger partial charge in [-0.3, -0.25) is 4.79 Å². The fourth-order valence-corrected chi connectivity index (χ4v) is 4.83. The SMILES string of the molecule is CC/C=C(\C)Cn1c2cccc(C(N)=O)c2c2c(OCC(=O)O)cc3c(c21)CCCC3. The molecule has 0 bridgehead atoms. The van der Waals surface area contributed by atoms with Gasteiger partial charge in [0.05, 0.1) is 16.4 Å². The number of carbonyl (C=O) groups excluding carboxylic acids is 1. The molecular formula is C25H28N2O4. The normalized spacial score (nSPS) is 14.1. The standard InChI is InChI=1S/C25H28N2O4/c1-3-7-15(2)13-27-19-11-6-10-18(25(26)30)22(19)23-20(31-14-21(28)29)12-16-8-4-5-9-17(16)24(23)27/h6-7,10-12H,3-5,8-9,13-14H2,1-2H3,(H2,26,30)(H,28,29)/b15-7+. The van der Waals surface area contributed by atoms with Crippen LogP contribution in [-0.4, -0.2) is 28.2 Å². The summed E-state index contributed by atoms with van der Waals surface area (Å²) in [5.41, 5.74) is 11.8. The average Bonchev–Trinajstić information content (AvgIpc) is 3.07. The Morgan fingerprint density at radius 2 is 2.00 bits per heavy atom. The van der Waals surface area contributed by atoms with E-state index in [-0.39, 0.29) is 0 Å². The van der Waals surface area contributed by atoms with Crippen LogP contribution < -0.4 is 10.5 Å². The fourth-order valence-electron chi connectivity index (χ4n) is 4.83. The first-order valence-corrected chi connectivity index (χ1v) is 10.8. The number of carboxylic acids is 1. The Morgan fingerprint density at radius 3 is 2.71 bits per heavy atom. The summed E-state index contributed by atoms with van der Waals surface area (Å²) in [5.74, 6) is -1.04. The van der Waals surface area contributed by atoms with Crippen LogP contribution in [0, 0.1) is 0 Å². The molecule has 0 unspecified atom stereocenters. The van der Waals surface area contributed by atoms with E-state index in [9.17, 15) is 14.7 Å². The van der Waals surface area contributed by atoms with Crippen molar-refractivity contribution in [3.63, 3.8) is 0 Å². The van der Waals surface area contributed by atoms with Crippen molar-refractivity contribution in [1.29, 1.82) is 0 Å². The number of nitrogens with two attached hydrogens (primary N) is 1. The van der Waals surface area contributed by atoms with Gasteiger partial charge < -0.3 is 20.1 Å². The van der Waals surface area contributed by atoms with Gasteiger partial charge in [0.2, 0.25) is 5.91 Å². The van der Waals surface area contributed by atoms with E-state index in [1.54, 1.807) is 6.07 Å². The second kappa shape index (κ2) is 8.46. The third kappa shape index (κ3) is 3.78. The van der Waals surface area contributed by atoms with Crippen LogP contribution in [0.3, 0.4) is 0 Å². The molecular weight excluding hydrogens is 392 g/mol. The number of benzene rings is 2. The summed E-state index contributed by atoms with van der Waals surface area (Å²) in [4.78, 5) is 23.6. The molecule has 1 aromatic heterocycles. The van der Waals surface area contributed by atoms with Crippen molar-refractivity contribution < 1.29 is 19.4 Å². The fraction of sp³-hybridized carbons (Fsp3) is 0.360. The highest BCUT2D eigenvalue weighted by molar-refractivity contribution is 6.20. The molecule has 0 aliphatic heterocycles. The van der Waals surface area contributed by atoms with Gasteiger partial charge in [0.1, 0.15) is 5.75 Å². The molecule has 1 heterocycles. The van der Waals surface area contributed by atoms with Crippen LogP contribution in [0.5, 0.6) is 5.75 Å². The average molecular weight is 421 g/mol. The molecule has 0 saturated heterocycles.